The highest BCUT2D eigenvalue weighted by Gasteiger charge is 1.94. The molecule has 1 heterocycles. The van der Waals surface area contributed by atoms with Crippen LogP contribution >= 0.6 is 22.6 Å². The minimum atomic E-state index is 0.765. The summed E-state index contributed by atoms with van der Waals surface area (Å²) in [5, 5.41) is 3.33. The van der Waals surface area contributed by atoms with Crippen LogP contribution in [0.2, 0.25) is 0 Å². The lowest BCUT2D eigenvalue weighted by molar-refractivity contribution is 1.05. The molecule has 0 radical (unpaired) electrons. The Morgan fingerprint density at radius 1 is 1.13 bits per heavy atom. The molecule has 0 saturated heterocycles. The fourth-order valence-corrected chi connectivity index (χ4v) is 1.84. The summed E-state index contributed by atoms with van der Waals surface area (Å²) in [6.07, 6.45) is 1.81. The van der Waals surface area contributed by atoms with E-state index in [2.05, 4.69) is 51.1 Å². The van der Waals surface area contributed by atoms with Crippen molar-refractivity contribution in [1.82, 2.24) is 4.98 Å². The number of rotatable bonds is 3. The zero-order valence-electron chi connectivity index (χ0n) is 8.15. The molecule has 0 saturated carbocycles. The normalized spacial score (nSPS) is 9.93. The van der Waals surface area contributed by atoms with Crippen molar-refractivity contribution >= 4 is 28.3 Å². The minimum absolute atomic E-state index is 0.765. The lowest BCUT2D eigenvalue weighted by Gasteiger charge is -2.05. The topological polar surface area (TPSA) is 24.9 Å². The van der Waals surface area contributed by atoms with Gasteiger partial charge in [0, 0.05) is 15.5 Å². The van der Waals surface area contributed by atoms with Gasteiger partial charge in [0.25, 0.3) is 0 Å². The monoisotopic (exact) mass is 310 g/mol. The smallest absolute Gasteiger partial charge is 0.0594 e. The van der Waals surface area contributed by atoms with Crippen LogP contribution < -0.4 is 5.32 Å². The summed E-state index contributed by atoms with van der Waals surface area (Å²) in [4.78, 5) is 4.25. The molecule has 0 aliphatic carbocycles. The van der Waals surface area contributed by atoms with Crippen LogP contribution in [0.5, 0.6) is 0 Å². The summed E-state index contributed by atoms with van der Waals surface area (Å²) in [5.74, 6) is 0. The van der Waals surface area contributed by atoms with Crippen LogP contribution in [-0.2, 0) is 6.54 Å². The van der Waals surface area contributed by atoms with Crippen LogP contribution in [-0.4, -0.2) is 4.98 Å². The van der Waals surface area contributed by atoms with E-state index >= 15 is 0 Å². The van der Waals surface area contributed by atoms with E-state index in [4.69, 9.17) is 0 Å². The number of hydrogen-bond acceptors (Lipinski definition) is 2. The van der Waals surface area contributed by atoms with E-state index in [0.29, 0.717) is 0 Å². The number of halogens is 1. The SMILES string of the molecule is Ic1cccc(NCc2ccccn2)c1. The Balaban J connectivity index is 1.99. The van der Waals surface area contributed by atoms with Crippen molar-refractivity contribution in [3.8, 4) is 0 Å². The molecular weight excluding hydrogens is 299 g/mol. The summed E-state index contributed by atoms with van der Waals surface area (Å²) < 4.78 is 1.23. The Bertz CT molecular complexity index is 429. The maximum atomic E-state index is 4.25. The molecule has 1 aromatic heterocycles. The first-order valence-corrected chi connectivity index (χ1v) is 5.82. The Morgan fingerprint density at radius 2 is 2.07 bits per heavy atom. The predicted octanol–water partition coefficient (Wildman–Crippen LogP) is 3.30. The number of anilines is 1. The van der Waals surface area contributed by atoms with Gasteiger partial charge in [0.15, 0.2) is 0 Å². The average Bonchev–Trinajstić information content (AvgIpc) is 2.28. The van der Waals surface area contributed by atoms with Crippen molar-refractivity contribution < 1.29 is 0 Å². The van der Waals surface area contributed by atoms with Crippen molar-refractivity contribution in [2.24, 2.45) is 0 Å². The molecule has 0 fully saturated rings. The minimum Gasteiger partial charge on any atom is -0.379 e. The second kappa shape index (κ2) is 5.11. The zero-order valence-corrected chi connectivity index (χ0v) is 10.3. The van der Waals surface area contributed by atoms with Crippen molar-refractivity contribution in [1.29, 1.82) is 0 Å². The van der Waals surface area contributed by atoms with Gasteiger partial charge in [0.2, 0.25) is 0 Å². The van der Waals surface area contributed by atoms with Gasteiger partial charge in [-0.2, -0.15) is 0 Å². The highest BCUT2D eigenvalue weighted by Crippen LogP contribution is 2.12. The van der Waals surface area contributed by atoms with Gasteiger partial charge in [-0.05, 0) is 52.9 Å². The predicted molar refractivity (Wildman–Crippen MR) is 70.7 cm³/mol. The average molecular weight is 310 g/mol. The van der Waals surface area contributed by atoms with E-state index in [9.17, 15) is 0 Å². The van der Waals surface area contributed by atoms with E-state index < -0.39 is 0 Å². The third kappa shape index (κ3) is 3.20. The third-order valence-corrected chi connectivity index (χ3v) is 2.70. The summed E-state index contributed by atoms with van der Waals surface area (Å²) in [6, 6.07) is 14.2. The molecule has 0 unspecified atom stereocenters. The second-order valence-electron chi connectivity index (χ2n) is 3.18. The Labute approximate surface area is 103 Å². The second-order valence-corrected chi connectivity index (χ2v) is 4.43. The molecule has 0 amide bonds. The summed E-state index contributed by atoms with van der Waals surface area (Å²) >= 11 is 2.30. The van der Waals surface area contributed by atoms with Crippen molar-refractivity contribution in [3.63, 3.8) is 0 Å². The van der Waals surface area contributed by atoms with E-state index in [1.807, 2.05) is 30.5 Å². The van der Waals surface area contributed by atoms with Crippen molar-refractivity contribution in [2.75, 3.05) is 5.32 Å². The molecule has 0 bridgehead atoms. The maximum absolute atomic E-state index is 4.25. The molecule has 2 aromatic rings. The quantitative estimate of drug-likeness (QED) is 0.880. The van der Waals surface area contributed by atoms with E-state index in [-0.39, 0.29) is 0 Å². The first kappa shape index (κ1) is 10.4. The van der Waals surface area contributed by atoms with Gasteiger partial charge in [-0.1, -0.05) is 12.1 Å². The van der Waals surface area contributed by atoms with Gasteiger partial charge >= 0.3 is 0 Å². The van der Waals surface area contributed by atoms with E-state index in [0.717, 1.165) is 17.9 Å². The summed E-state index contributed by atoms with van der Waals surface area (Å²) in [7, 11) is 0. The molecule has 0 aliphatic heterocycles. The lowest BCUT2D eigenvalue weighted by Crippen LogP contribution is -2.00. The fraction of sp³-hybridized carbons (Fsp3) is 0.0833. The number of aromatic nitrogens is 1. The molecular formula is C12H11IN2. The highest BCUT2D eigenvalue weighted by molar-refractivity contribution is 14.1. The lowest BCUT2D eigenvalue weighted by atomic mass is 10.3. The maximum Gasteiger partial charge on any atom is 0.0594 e. The molecule has 15 heavy (non-hydrogen) atoms. The summed E-state index contributed by atoms with van der Waals surface area (Å²) in [6.45, 7) is 0.765. The van der Waals surface area contributed by atoms with Gasteiger partial charge < -0.3 is 5.32 Å². The Kier molecular flexibility index (Phi) is 3.55. The Morgan fingerprint density at radius 3 is 2.80 bits per heavy atom. The summed E-state index contributed by atoms with van der Waals surface area (Å²) in [5.41, 5.74) is 2.18. The molecule has 1 N–H and O–H groups in total. The molecule has 76 valence electrons. The molecule has 0 atom stereocenters. The highest BCUT2D eigenvalue weighted by atomic mass is 127. The molecule has 3 heteroatoms. The van der Waals surface area contributed by atoms with Gasteiger partial charge in [-0.3, -0.25) is 4.98 Å². The molecule has 1 aromatic carbocycles. The van der Waals surface area contributed by atoms with Crippen molar-refractivity contribution in [2.45, 2.75) is 6.54 Å². The largest absolute Gasteiger partial charge is 0.379 e. The van der Waals surface area contributed by atoms with E-state index in [1.54, 1.807) is 0 Å². The van der Waals surface area contributed by atoms with Crippen molar-refractivity contribution in [3.05, 3.63) is 57.9 Å². The first-order chi connectivity index (χ1) is 7.34. The van der Waals surface area contributed by atoms with E-state index in [1.165, 1.54) is 3.57 Å². The van der Waals surface area contributed by atoms with Crippen LogP contribution in [0.25, 0.3) is 0 Å². The van der Waals surface area contributed by atoms with Gasteiger partial charge in [-0.25, -0.2) is 0 Å². The molecule has 2 rings (SSSR count). The van der Waals surface area contributed by atoms with Gasteiger partial charge in [-0.15, -0.1) is 0 Å². The number of pyridine rings is 1. The van der Waals surface area contributed by atoms with Crippen LogP contribution in [0.3, 0.4) is 0 Å². The third-order valence-electron chi connectivity index (χ3n) is 2.02. The number of nitrogens with one attached hydrogen (secondary N) is 1. The van der Waals surface area contributed by atoms with Crippen LogP contribution in [0.15, 0.2) is 48.7 Å². The first-order valence-electron chi connectivity index (χ1n) is 4.74. The van der Waals surface area contributed by atoms with Gasteiger partial charge in [0.05, 0.1) is 12.2 Å². The standard InChI is InChI=1S/C12H11IN2/c13-10-4-3-6-11(8-10)15-9-12-5-1-2-7-14-12/h1-8,15H,9H2. The molecule has 0 aliphatic rings. The number of nitrogens with zero attached hydrogens (tertiary/aromatic N) is 1. The number of benzene rings is 1. The molecule has 2 nitrogen and oxygen atoms in total. The fourth-order valence-electron chi connectivity index (χ4n) is 1.29. The van der Waals surface area contributed by atoms with Crippen LogP contribution in [0.4, 0.5) is 5.69 Å². The van der Waals surface area contributed by atoms with Crippen LogP contribution in [0, 0.1) is 3.57 Å². The number of hydrogen-bond donors (Lipinski definition) is 1. The Hall–Kier alpha value is -1.10. The zero-order chi connectivity index (χ0) is 10.5. The van der Waals surface area contributed by atoms with Gasteiger partial charge in [0.1, 0.15) is 0 Å². The van der Waals surface area contributed by atoms with Crippen LogP contribution in [0.1, 0.15) is 5.69 Å². The molecule has 0 spiro atoms.